The number of hydrogen-bond donors (Lipinski definition) is 1. The molecule has 0 fully saturated rings. The molecule has 5 nitrogen and oxygen atoms in total. The highest BCUT2D eigenvalue weighted by Gasteiger charge is 2.22. The molecule has 0 aliphatic carbocycles. The molecule has 0 aromatic heterocycles. The predicted molar refractivity (Wildman–Crippen MR) is 67.3 cm³/mol. The van der Waals surface area contributed by atoms with Crippen molar-refractivity contribution < 1.29 is 13.2 Å². The average Bonchev–Trinajstić information content (AvgIpc) is 2.28. The predicted octanol–water partition coefficient (Wildman–Crippen LogP) is 0.844. The van der Waals surface area contributed by atoms with E-state index in [1.54, 1.807) is 19.1 Å². The molecule has 1 aromatic carbocycles. The molecule has 96 valence electrons. The Hall–Kier alpha value is -1.11. The van der Waals surface area contributed by atoms with Crippen LogP contribution in [0.2, 0.25) is 0 Å². The van der Waals surface area contributed by atoms with Crippen molar-refractivity contribution in [1.29, 1.82) is 0 Å². The number of nitrogens with two attached hydrogens (primary N) is 1. The molecule has 0 aliphatic rings. The van der Waals surface area contributed by atoms with Crippen molar-refractivity contribution in [3.63, 3.8) is 0 Å². The molecule has 0 amide bonds. The van der Waals surface area contributed by atoms with Crippen LogP contribution < -0.4 is 5.73 Å². The van der Waals surface area contributed by atoms with E-state index in [1.165, 1.54) is 24.5 Å². The molecule has 0 heterocycles. The molecule has 0 saturated heterocycles. The van der Waals surface area contributed by atoms with Gasteiger partial charge in [-0.1, -0.05) is 6.07 Å². The second-order valence-electron chi connectivity index (χ2n) is 3.84. The molecule has 0 atom stereocenters. The molecule has 0 aliphatic heterocycles. The van der Waals surface area contributed by atoms with Crippen molar-refractivity contribution in [2.24, 2.45) is 0 Å². The van der Waals surface area contributed by atoms with Gasteiger partial charge in [0.25, 0.3) is 0 Å². The maximum atomic E-state index is 12.2. The lowest BCUT2D eigenvalue weighted by molar-refractivity contribution is 0.185. The Kier molecular flexibility index (Phi) is 4.50. The zero-order valence-electron chi connectivity index (χ0n) is 10.3. The summed E-state index contributed by atoms with van der Waals surface area (Å²) in [5.74, 6) is 0. The molecular formula is C11H18N2O3S. The summed E-state index contributed by atoms with van der Waals surface area (Å²) in [4.78, 5) is 0.246. The number of anilines is 1. The Morgan fingerprint density at radius 2 is 2.06 bits per heavy atom. The van der Waals surface area contributed by atoms with Gasteiger partial charge < -0.3 is 10.5 Å². The molecular weight excluding hydrogens is 240 g/mol. The molecule has 0 unspecified atom stereocenters. The van der Waals surface area contributed by atoms with E-state index >= 15 is 0 Å². The van der Waals surface area contributed by atoms with Crippen LogP contribution in [-0.4, -0.2) is 40.0 Å². The normalized spacial score (nSPS) is 12.0. The van der Waals surface area contributed by atoms with Crippen molar-refractivity contribution in [3.8, 4) is 0 Å². The lowest BCUT2D eigenvalue weighted by Gasteiger charge is -2.18. The van der Waals surface area contributed by atoms with Gasteiger partial charge in [0.05, 0.1) is 11.5 Å². The van der Waals surface area contributed by atoms with Gasteiger partial charge in [0.1, 0.15) is 0 Å². The number of likely N-dealkylation sites (N-methyl/N-ethyl adjacent to an activating group) is 1. The molecule has 0 bridgehead atoms. The van der Waals surface area contributed by atoms with Crippen LogP contribution in [0.15, 0.2) is 23.1 Å². The van der Waals surface area contributed by atoms with Crippen LogP contribution in [0.5, 0.6) is 0 Å². The number of nitrogens with zero attached hydrogens (tertiary/aromatic N) is 1. The van der Waals surface area contributed by atoms with Crippen LogP contribution in [0, 0.1) is 6.92 Å². The van der Waals surface area contributed by atoms with Crippen LogP contribution in [-0.2, 0) is 14.8 Å². The number of ether oxygens (including phenoxy) is 1. The van der Waals surface area contributed by atoms with Gasteiger partial charge in [0, 0.05) is 26.4 Å². The molecule has 1 rings (SSSR count). The van der Waals surface area contributed by atoms with E-state index in [0.717, 1.165) is 0 Å². The Morgan fingerprint density at radius 1 is 1.41 bits per heavy atom. The fourth-order valence-electron chi connectivity index (χ4n) is 1.40. The zero-order chi connectivity index (χ0) is 13.1. The number of methoxy groups -OCH3 is 1. The van der Waals surface area contributed by atoms with Crippen LogP contribution in [0.3, 0.4) is 0 Å². The number of nitrogen functional groups attached to an aromatic ring is 1. The number of benzene rings is 1. The summed E-state index contributed by atoms with van der Waals surface area (Å²) in [5.41, 5.74) is 6.74. The van der Waals surface area contributed by atoms with Crippen molar-refractivity contribution in [1.82, 2.24) is 4.31 Å². The van der Waals surface area contributed by atoms with E-state index in [-0.39, 0.29) is 4.90 Å². The largest absolute Gasteiger partial charge is 0.399 e. The summed E-state index contributed by atoms with van der Waals surface area (Å²) in [7, 11) is -0.432. The molecule has 17 heavy (non-hydrogen) atoms. The first-order chi connectivity index (χ1) is 7.89. The van der Waals surface area contributed by atoms with Gasteiger partial charge in [-0.3, -0.25) is 0 Å². The van der Waals surface area contributed by atoms with Gasteiger partial charge in [0.15, 0.2) is 0 Å². The fourth-order valence-corrected chi connectivity index (χ4v) is 2.81. The maximum absolute atomic E-state index is 12.2. The van der Waals surface area contributed by atoms with Crippen molar-refractivity contribution in [2.75, 3.05) is 33.0 Å². The third-order valence-electron chi connectivity index (χ3n) is 2.51. The van der Waals surface area contributed by atoms with Crippen molar-refractivity contribution in [3.05, 3.63) is 23.8 Å². The summed E-state index contributed by atoms with van der Waals surface area (Å²) >= 11 is 0. The van der Waals surface area contributed by atoms with Gasteiger partial charge in [-0.15, -0.1) is 0 Å². The third kappa shape index (κ3) is 3.18. The SMILES string of the molecule is COCCN(C)S(=O)(=O)c1cc(N)ccc1C. The smallest absolute Gasteiger partial charge is 0.243 e. The van der Waals surface area contributed by atoms with Gasteiger partial charge in [-0.2, -0.15) is 4.31 Å². The van der Waals surface area contributed by atoms with Crippen LogP contribution >= 0.6 is 0 Å². The number of rotatable bonds is 5. The summed E-state index contributed by atoms with van der Waals surface area (Å²) in [6.07, 6.45) is 0. The van der Waals surface area contributed by atoms with Crippen molar-refractivity contribution in [2.45, 2.75) is 11.8 Å². The van der Waals surface area contributed by atoms with Gasteiger partial charge in [-0.25, -0.2) is 8.42 Å². The van der Waals surface area contributed by atoms with Gasteiger partial charge in [0.2, 0.25) is 10.0 Å². The summed E-state index contributed by atoms with van der Waals surface area (Å²) in [5, 5.41) is 0. The topological polar surface area (TPSA) is 72.6 Å². The zero-order valence-corrected chi connectivity index (χ0v) is 11.1. The highest BCUT2D eigenvalue weighted by atomic mass is 32.2. The molecule has 0 saturated carbocycles. The minimum atomic E-state index is -3.49. The lowest BCUT2D eigenvalue weighted by Crippen LogP contribution is -2.30. The molecule has 0 radical (unpaired) electrons. The second kappa shape index (κ2) is 5.48. The summed E-state index contributed by atoms with van der Waals surface area (Å²) < 4.78 is 30.6. The van der Waals surface area contributed by atoms with Gasteiger partial charge >= 0.3 is 0 Å². The van der Waals surface area contributed by atoms with E-state index < -0.39 is 10.0 Å². The quantitative estimate of drug-likeness (QED) is 0.794. The van der Waals surface area contributed by atoms with E-state index in [0.29, 0.717) is 24.4 Å². The van der Waals surface area contributed by atoms with Crippen molar-refractivity contribution >= 4 is 15.7 Å². The second-order valence-corrected chi connectivity index (χ2v) is 5.86. The highest BCUT2D eigenvalue weighted by Crippen LogP contribution is 2.21. The minimum Gasteiger partial charge on any atom is -0.399 e. The first-order valence-electron chi connectivity index (χ1n) is 5.21. The number of aryl methyl sites for hydroxylation is 1. The average molecular weight is 258 g/mol. The van der Waals surface area contributed by atoms with Crippen LogP contribution in [0.4, 0.5) is 5.69 Å². The van der Waals surface area contributed by atoms with Crippen LogP contribution in [0.1, 0.15) is 5.56 Å². The first kappa shape index (κ1) is 14.0. The summed E-state index contributed by atoms with van der Waals surface area (Å²) in [6.45, 7) is 2.42. The minimum absolute atomic E-state index is 0.246. The number of hydrogen-bond acceptors (Lipinski definition) is 4. The molecule has 0 spiro atoms. The number of sulfonamides is 1. The monoisotopic (exact) mass is 258 g/mol. The fraction of sp³-hybridized carbons (Fsp3) is 0.455. The Morgan fingerprint density at radius 3 is 2.65 bits per heavy atom. The first-order valence-corrected chi connectivity index (χ1v) is 6.65. The van der Waals surface area contributed by atoms with Gasteiger partial charge in [-0.05, 0) is 24.6 Å². The van der Waals surface area contributed by atoms with Crippen LogP contribution in [0.25, 0.3) is 0 Å². The van der Waals surface area contributed by atoms with E-state index in [2.05, 4.69) is 0 Å². The summed E-state index contributed by atoms with van der Waals surface area (Å²) in [6, 6.07) is 4.86. The van der Waals surface area contributed by atoms with E-state index in [1.807, 2.05) is 0 Å². The Bertz CT molecular complexity index is 485. The lowest BCUT2D eigenvalue weighted by atomic mass is 10.2. The highest BCUT2D eigenvalue weighted by molar-refractivity contribution is 7.89. The van der Waals surface area contributed by atoms with E-state index in [9.17, 15) is 8.42 Å². The molecule has 1 aromatic rings. The standard InChI is InChI=1S/C11H18N2O3S/c1-9-4-5-10(12)8-11(9)17(14,15)13(2)6-7-16-3/h4-5,8H,6-7,12H2,1-3H3. The molecule has 6 heteroatoms. The third-order valence-corrected chi connectivity index (χ3v) is 4.51. The van der Waals surface area contributed by atoms with E-state index in [4.69, 9.17) is 10.5 Å². The Balaban J connectivity index is 3.08. The maximum Gasteiger partial charge on any atom is 0.243 e. The molecule has 2 N–H and O–H groups in total. The Labute approximate surface area is 102 Å².